The van der Waals surface area contributed by atoms with Crippen molar-refractivity contribution in [1.29, 1.82) is 0 Å². The summed E-state index contributed by atoms with van der Waals surface area (Å²) < 4.78 is 2.35. The van der Waals surface area contributed by atoms with Gasteiger partial charge < -0.3 is 9.88 Å². The number of imidazole rings is 1. The SMILES string of the molecule is Cc1cc(C)c(C)c(Cn2c(CCCNC(=O)c3ccccc3)nc3ccccc32)c1C. The lowest BCUT2D eigenvalue weighted by Crippen LogP contribution is -2.25. The Morgan fingerprint density at radius 2 is 1.56 bits per heavy atom. The van der Waals surface area contributed by atoms with Crippen molar-refractivity contribution in [2.24, 2.45) is 0 Å². The molecule has 0 unspecified atom stereocenters. The molecular weight excluding hydrogens is 394 g/mol. The van der Waals surface area contributed by atoms with Gasteiger partial charge >= 0.3 is 0 Å². The van der Waals surface area contributed by atoms with Gasteiger partial charge in [-0.2, -0.15) is 0 Å². The van der Waals surface area contributed by atoms with Gasteiger partial charge in [0, 0.05) is 25.1 Å². The van der Waals surface area contributed by atoms with Gasteiger partial charge in [-0.15, -0.1) is 0 Å². The molecule has 0 fully saturated rings. The molecule has 1 amide bonds. The fraction of sp³-hybridized carbons (Fsp3) is 0.286. The molecule has 4 heteroatoms. The molecule has 0 aliphatic carbocycles. The van der Waals surface area contributed by atoms with Crippen LogP contribution in [0, 0.1) is 27.7 Å². The van der Waals surface area contributed by atoms with Crippen molar-refractivity contribution in [1.82, 2.24) is 14.9 Å². The Bertz CT molecular complexity index is 1230. The average Bonchev–Trinajstić information content (AvgIpc) is 3.16. The molecule has 1 aromatic heterocycles. The molecule has 0 spiro atoms. The largest absolute Gasteiger partial charge is 0.352 e. The van der Waals surface area contributed by atoms with Gasteiger partial charge in [-0.1, -0.05) is 36.4 Å². The molecular formula is C28H31N3O. The minimum Gasteiger partial charge on any atom is -0.352 e. The molecule has 4 aromatic rings. The van der Waals surface area contributed by atoms with Crippen LogP contribution in [0.3, 0.4) is 0 Å². The monoisotopic (exact) mass is 425 g/mol. The number of rotatable bonds is 7. The topological polar surface area (TPSA) is 46.9 Å². The third-order valence-corrected chi connectivity index (χ3v) is 6.47. The molecule has 0 aliphatic heterocycles. The van der Waals surface area contributed by atoms with Crippen molar-refractivity contribution < 1.29 is 4.79 Å². The summed E-state index contributed by atoms with van der Waals surface area (Å²) in [7, 11) is 0. The predicted octanol–water partition coefficient (Wildman–Crippen LogP) is 5.68. The molecule has 32 heavy (non-hydrogen) atoms. The molecule has 4 nitrogen and oxygen atoms in total. The highest BCUT2D eigenvalue weighted by Gasteiger charge is 2.15. The van der Waals surface area contributed by atoms with E-state index in [-0.39, 0.29) is 5.91 Å². The van der Waals surface area contributed by atoms with Gasteiger partial charge in [0.1, 0.15) is 5.82 Å². The van der Waals surface area contributed by atoms with Gasteiger partial charge in [0.15, 0.2) is 0 Å². The van der Waals surface area contributed by atoms with E-state index in [2.05, 4.69) is 61.8 Å². The maximum atomic E-state index is 12.3. The van der Waals surface area contributed by atoms with Crippen molar-refractivity contribution in [2.75, 3.05) is 6.54 Å². The number of para-hydroxylation sites is 2. The molecule has 1 N–H and O–H groups in total. The maximum Gasteiger partial charge on any atom is 0.251 e. The first-order valence-corrected chi connectivity index (χ1v) is 11.3. The van der Waals surface area contributed by atoms with Gasteiger partial charge in [-0.25, -0.2) is 4.98 Å². The molecule has 4 rings (SSSR count). The second kappa shape index (κ2) is 9.39. The van der Waals surface area contributed by atoms with Crippen molar-refractivity contribution in [2.45, 2.75) is 47.1 Å². The predicted molar refractivity (Wildman–Crippen MR) is 131 cm³/mol. The summed E-state index contributed by atoms with van der Waals surface area (Å²) in [6, 6.07) is 20.0. The van der Waals surface area contributed by atoms with Crippen molar-refractivity contribution in [3.63, 3.8) is 0 Å². The van der Waals surface area contributed by atoms with Crippen LogP contribution in [0.25, 0.3) is 11.0 Å². The van der Waals surface area contributed by atoms with E-state index < -0.39 is 0 Å². The van der Waals surface area contributed by atoms with Crippen LogP contribution in [0.2, 0.25) is 0 Å². The number of carbonyl (C=O) groups is 1. The fourth-order valence-corrected chi connectivity index (χ4v) is 4.33. The van der Waals surface area contributed by atoms with E-state index in [9.17, 15) is 4.79 Å². The Kier molecular flexibility index (Phi) is 6.40. The summed E-state index contributed by atoms with van der Waals surface area (Å²) in [5.74, 6) is 1.04. The minimum atomic E-state index is -0.0272. The van der Waals surface area contributed by atoms with E-state index in [0.717, 1.165) is 36.2 Å². The number of hydrogen-bond donors (Lipinski definition) is 1. The Labute approximate surface area is 190 Å². The molecule has 164 valence electrons. The zero-order valence-electron chi connectivity index (χ0n) is 19.4. The zero-order valence-corrected chi connectivity index (χ0v) is 19.4. The fourth-order valence-electron chi connectivity index (χ4n) is 4.33. The van der Waals surface area contributed by atoms with E-state index in [1.165, 1.54) is 27.8 Å². The summed E-state index contributed by atoms with van der Waals surface area (Å²) in [5.41, 5.74) is 9.63. The van der Waals surface area contributed by atoms with E-state index >= 15 is 0 Å². The van der Waals surface area contributed by atoms with Crippen LogP contribution in [0.1, 0.15) is 50.4 Å². The van der Waals surface area contributed by atoms with Gasteiger partial charge in [-0.05, 0) is 86.2 Å². The molecule has 0 aliphatic rings. The van der Waals surface area contributed by atoms with Gasteiger partial charge in [0.2, 0.25) is 0 Å². The Balaban J connectivity index is 1.54. The van der Waals surface area contributed by atoms with Crippen LogP contribution in [-0.4, -0.2) is 22.0 Å². The first-order chi connectivity index (χ1) is 15.5. The second-order valence-electron chi connectivity index (χ2n) is 8.57. The van der Waals surface area contributed by atoms with Crippen molar-refractivity contribution >= 4 is 16.9 Å². The number of carbonyl (C=O) groups excluding carboxylic acids is 1. The maximum absolute atomic E-state index is 12.3. The van der Waals surface area contributed by atoms with Crippen LogP contribution in [0.4, 0.5) is 0 Å². The van der Waals surface area contributed by atoms with Crippen LogP contribution in [-0.2, 0) is 13.0 Å². The number of benzene rings is 3. The lowest BCUT2D eigenvalue weighted by atomic mass is 9.94. The number of hydrogen-bond acceptors (Lipinski definition) is 2. The summed E-state index contributed by atoms with van der Waals surface area (Å²) in [4.78, 5) is 17.2. The summed E-state index contributed by atoms with van der Waals surface area (Å²) >= 11 is 0. The van der Waals surface area contributed by atoms with E-state index in [4.69, 9.17) is 4.98 Å². The Morgan fingerprint density at radius 1 is 0.906 bits per heavy atom. The van der Waals surface area contributed by atoms with Crippen molar-refractivity contribution in [3.8, 4) is 0 Å². The highest BCUT2D eigenvalue weighted by Crippen LogP contribution is 2.25. The number of nitrogens with zero attached hydrogens (tertiary/aromatic N) is 2. The Hall–Kier alpha value is -3.40. The first-order valence-electron chi connectivity index (χ1n) is 11.3. The highest BCUT2D eigenvalue weighted by atomic mass is 16.1. The number of amides is 1. The summed E-state index contributed by atoms with van der Waals surface area (Å²) in [6.45, 7) is 10.2. The zero-order chi connectivity index (χ0) is 22.7. The number of aromatic nitrogens is 2. The Morgan fingerprint density at radius 3 is 2.28 bits per heavy atom. The molecule has 0 saturated carbocycles. The molecule has 0 bridgehead atoms. The van der Waals surface area contributed by atoms with E-state index in [1.807, 2.05) is 36.4 Å². The van der Waals surface area contributed by atoms with Crippen LogP contribution in [0.15, 0.2) is 60.7 Å². The number of fused-ring (bicyclic) bond motifs is 1. The summed E-state index contributed by atoms with van der Waals surface area (Å²) in [6.07, 6.45) is 1.65. The smallest absolute Gasteiger partial charge is 0.251 e. The van der Waals surface area contributed by atoms with Crippen LogP contribution in [0.5, 0.6) is 0 Å². The number of nitrogens with one attached hydrogen (secondary N) is 1. The molecule has 3 aromatic carbocycles. The standard InChI is InChI=1S/C28H31N3O/c1-19-17-20(2)22(4)24(21(19)3)18-31-26-14-9-8-13-25(26)30-27(31)15-10-16-29-28(32)23-11-6-5-7-12-23/h5-9,11-14,17H,10,15-16,18H2,1-4H3,(H,29,32). The molecule has 0 atom stereocenters. The minimum absolute atomic E-state index is 0.0272. The lowest BCUT2D eigenvalue weighted by Gasteiger charge is -2.18. The quantitative estimate of drug-likeness (QED) is 0.387. The highest BCUT2D eigenvalue weighted by molar-refractivity contribution is 5.94. The first kappa shape index (κ1) is 21.8. The van der Waals surface area contributed by atoms with Gasteiger partial charge in [0.05, 0.1) is 11.0 Å². The molecule has 1 heterocycles. The number of aryl methyl sites for hydroxylation is 3. The third kappa shape index (κ3) is 4.45. The van der Waals surface area contributed by atoms with Gasteiger partial charge in [0.25, 0.3) is 5.91 Å². The van der Waals surface area contributed by atoms with Crippen molar-refractivity contribution in [3.05, 3.63) is 99.9 Å². The van der Waals surface area contributed by atoms with Crippen LogP contribution >= 0.6 is 0 Å². The normalized spacial score (nSPS) is 11.1. The molecule has 0 radical (unpaired) electrons. The van der Waals surface area contributed by atoms with Crippen LogP contribution < -0.4 is 5.32 Å². The molecule has 0 saturated heterocycles. The van der Waals surface area contributed by atoms with E-state index in [1.54, 1.807) is 0 Å². The third-order valence-electron chi connectivity index (χ3n) is 6.47. The van der Waals surface area contributed by atoms with Gasteiger partial charge in [-0.3, -0.25) is 4.79 Å². The van der Waals surface area contributed by atoms with E-state index in [0.29, 0.717) is 12.1 Å². The average molecular weight is 426 g/mol. The summed E-state index contributed by atoms with van der Waals surface area (Å²) in [5, 5.41) is 3.03. The second-order valence-corrected chi connectivity index (χ2v) is 8.57. The lowest BCUT2D eigenvalue weighted by molar-refractivity contribution is 0.0953.